The maximum absolute atomic E-state index is 12.3. The number of fused-ring (bicyclic) bond motifs is 1. The minimum atomic E-state index is -0.461. The van der Waals surface area contributed by atoms with Crippen LogP contribution in [0.15, 0.2) is 42.9 Å². The quantitative estimate of drug-likeness (QED) is 0.751. The highest BCUT2D eigenvalue weighted by Gasteiger charge is 2.17. The highest BCUT2D eigenvalue weighted by atomic mass is 35.5. The third kappa shape index (κ3) is 2.73. The molecule has 0 amide bonds. The molecule has 5 nitrogen and oxygen atoms in total. The minimum Gasteiger partial charge on any atom is -0.453 e. The van der Waals surface area contributed by atoms with Gasteiger partial charge in [0, 0.05) is 24.0 Å². The van der Waals surface area contributed by atoms with Gasteiger partial charge in [0.05, 0.1) is 16.3 Å². The van der Waals surface area contributed by atoms with Gasteiger partial charge >= 0.3 is 5.97 Å². The lowest BCUT2D eigenvalue weighted by atomic mass is 10.2. The molecule has 0 fully saturated rings. The number of ether oxygens (including phenoxy) is 1. The first kappa shape index (κ1) is 13.6. The lowest BCUT2D eigenvalue weighted by Crippen LogP contribution is -2.10. The summed E-state index contributed by atoms with van der Waals surface area (Å²) in [5.74, 6) is -0.411. The monoisotopic (exact) mass is 301 g/mol. The highest BCUT2D eigenvalue weighted by Crippen LogP contribution is 2.21. The summed E-state index contributed by atoms with van der Waals surface area (Å²) >= 11 is 5.79. The first-order valence-corrected chi connectivity index (χ1v) is 6.77. The molecular weight excluding hydrogens is 290 g/mol. The summed E-state index contributed by atoms with van der Waals surface area (Å²) in [7, 11) is 0. The van der Waals surface area contributed by atoms with E-state index in [1.165, 1.54) is 6.20 Å². The van der Waals surface area contributed by atoms with Crippen molar-refractivity contribution in [3.63, 3.8) is 0 Å². The zero-order valence-electron chi connectivity index (χ0n) is 11.2. The van der Waals surface area contributed by atoms with Crippen LogP contribution in [0.4, 0.5) is 0 Å². The second kappa shape index (κ2) is 5.54. The first-order valence-electron chi connectivity index (χ1n) is 6.39. The van der Waals surface area contributed by atoms with Crippen LogP contribution < -0.4 is 0 Å². The molecule has 0 aliphatic rings. The summed E-state index contributed by atoms with van der Waals surface area (Å²) in [4.78, 5) is 23.5. The van der Waals surface area contributed by atoms with Crippen LogP contribution in [0.1, 0.15) is 29.1 Å². The number of nitrogens with one attached hydrogen (secondary N) is 1. The van der Waals surface area contributed by atoms with Crippen LogP contribution in [0.5, 0.6) is 0 Å². The fourth-order valence-electron chi connectivity index (χ4n) is 2.05. The van der Waals surface area contributed by atoms with Crippen molar-refractivity contribution in [2.24, 2.45) is 0 Å². The van der Waals surface area contributed by atoms with E-state index >= 15 is 0 Å². The van der Waals surface area contributed by atoms with E-state index in [-0.39, 0.29) is 0 Å². The lowest BCUT2D eigenvalue weighted by Gasteiger charge is -2.13. The number of aromatic nitrogens is 3. The Morgan fingerprint density at radius 2 is 2.14 bits per heavy atom. The molecule has 0 saturated heterocycles. The Labute approximate surface area is 125 Å². The van der Waals surface area contributed by atoms with Crippen LogP contribution in [0, 0.1) is 0 Å². The SMILES string of the molecule is C[C@H](OC(=O)c1ccnc2[nH]ccc12)c1ccc(Cl)cn1. The first-order chi connectivity index (χ1) is 10.1. The maximum Gasteiger partial charge on any atom is 0.339 e. The standard InChI is InChI=1S/C15H12ClN3O2/c1-9(13-3-2-10(16)8-19-13)21-15(20)12-5-7-18-14-11(12)4-6-17-14/h2-9H,1H3,(H,17,18)/t9-/m0/s1. The van der Waals surface area contributed by atoms with Crippen molar-refractivity contribution in [1.29, 1.82) is 0 Å². The molecule has 21 heavy (non-hydrogen) atoms. The predicted octanol–water partition coefficient (Wildman–Crippen LogP) is 3.53. The van der Waals surface area contributed by atoms with E-state index in [4.69, 9.17) is 16.3 Å². The summed E-state index contributed by atoms with van der Waals surface area (Å²) in [6, 6.07) is 6.88. The molecule has 6 heteroatoms. The van der Waals surface area contributed by atoms with Gasteiger partial charge in [-0.05, 0) is 31.2 Å². The second-order valence-corrected chi connectivity index (χ2v) is 4.98. The van der Waals surface area contributed by atoms with E-state index in [9.17, 15) is 4.79 Å². The molecule has 3 rings (SSSR count). The van der Waals surface area contributed by atoms with Gasteiger partial charge in [-0.2, -0.15) is 0 Å². The fraction of sp³-hybridized carbons (Fsp3) is 0.133. The van der Waals surface area contributed by atoms with Crippen LogP contribution in [0.25, 0.3) is 11.0 Å². The normalized spacial score (nSPS) is 12.3. The number of aromatic amines is 1. The Kier molecular flexibility index (Phi) is 3.58. The number of carbonyl (C=O) groups is 1. The van der Waals surface area contributed by atoms with Gasteiger partial charge in [0.25, 0.3) is 0 Å². The summed E-state index contributed by atoms with van der Waals surface area (Å²) < 4.78 is 5.45. The Morgan fingerprint density at radius 3 is 2.90 bits per heavy atom. The average Bonchev–Trinajstić information content (AvgIpc) is 2.96. The number of pyridine rings is 2. The molecule has 0 bridgehead atoms. The number of hydrogen-bond acceptors (Lipinski definition) is 4. The predicted molar refractivity (Wildman–Crippen MR) is 79.2 cm³/mol. The topological polar surface area (TPSA) is 67.9 Å². The van der Waals surface area contributed by atoms with Crippen molar-refractivity contribution < 1.29 is 9.53 Å². The summed E-state index contributed by atoms with van der Waals surface area (Å²) in [5.41, 5.74) is 1.77. The molecule has 1 N–H and O–H groups in total. The van der Waals surface area contributed by atoms with Gasteiger partial charge < -0.3 is 9.72 Å². The molecule has 0 aromatic carbocycles. The van der Waals surface area contributed by atoms with E-state index in [1.807, 2.05) is 0 Å². The molecule has 0 aliphatic heterocycles. The van der Waals surface area contributed by atoms with E-state index in [0.717, 1.165) is 5.39 Å². The van der Waals surface area contributed by atoms with E-state index in [1.54, 1.807) is 43.6 Å². The Hall–Kier alpha value is -2.40. The van der Waals surface area contributed by atoms with Gasteiger partial charge in [-0.15, -0.1) is 0 Å². The minimum absolute atomic E-state index is 0.411. The number of nitrogens with zero attached hydrogens (tertiary/aromatic N) is 2. The molecule has 0 aliphatic carbocycles. The van der Waals surface area contributed by atoms with Gasteiger partial charge in [-0.3, -0.25) is 4.98 Å². The van der Waals surface area contributed by atoms with Gasteiger partial charge in [0.2, 0.25) is 0 Å². The van der Waals surface area contributed by atoms with Crippen molar-refractivity contribution >= 4 is 28.6 Å². The molecule has 1 atom stereocenters. The van der Waals surface area contributed by atoms with Crippen molar-refractivity contribution in [2.45, 2.75) is 13.0 Å². The molecule has 3 heterocycles. The van der Waals surface area contributed by atoms with E-state index in [0.29, 0.717) is 21.9 Å². The molecule has 0 saturated carbocycles. The van der Waals surface area contributed by atoms with Gasteiger partial charge in [-0.25, -0.2) is 9.78 Å². The van der Waals surface area contributed by atoms with Crippen LogP contribution in [-0.2, 0) is 4.74 Å². The fourth-order valence-corrected chi connectivity index (χ4v) is 2.16. The molecular formula is C15H12ClN3O2. The molecule has 106 valence electrons. The van der Waals surface area contributed by atoms with Crippen molar-refractivity contribution in [1.82, 2.24) is 15.0 Å². The smallest absolute Gasteiger partial charge is 0.339 e. The van der Waals surface area contributed by atoms with Crippen LogP contribution in [0.3, 0.4) is 0 Å². The van der Waals surface area contributed by atoms with Crippen LogP contribution >= 0.6 is 11.6 Å². The largest absolute Gasteiger partial charge is 0.453 e. The van der Waals surface area contributed by atoms with Crippen LogP contribution in [-0.4, -0.2) is 20.9 Å². The van der Waals surface area contributed by atoms with Gasteiger partial charge in [0.1, 0.15) is 11.8 Å². The van der Waals surface area contributed by atoms with Crippen molar-refractivity contribution in [3.05, 3.63) is 59.1 Å². The average molecular weight is 302 g/mol. The third-order valence-electron chi connectivity index (χ3n) is 3.13. The number of halogens is 1. The number of carbonyl (C=O) groups excluding carboxylic acids is 1. The lowest BCUT2D eigenvalue weighted by molar-refractivity contribution is 0.0331. The zero-order valence-corrected chi connectivity index (χ0v) is 12.0. The zero-order chi connectivity index (χ0) is 14.8. The number of rotatable bonds is 3. The summed E-state index contributed by atoms with van der Waals surface area (Å²) in [6.07, 6.45) is 4.37. The summed E-state index contributed by atoms with van der Waals surface area (Å²) in [6.45, 7) is 1.77. The second-order valence-electron chi connectivity index (χ2n) is 4.55. The Bertz CT molecular complexity index is 783. The highest BCUT2D eigenvalue weighted by molar-refractivity contribution is 6.30. The van der Waals surface area contributed by atoms with E-state index in [2.05, 4.69) is 15.0 Å². The maximum atomic E-state index is 12.3. The number of hydrogen-bond donors (Lipinski definition) is 1. The molecule has 3 aromatic heterocycles. The molecule has 3 aromatic rings. The van der Waals surface area contributed by atoms with Crippen molar-refractivity contribution in [2.75, 3.05) is 0 Å². The number of H-pyrrole nitrogens is 1. The summed E-state index contributed by atoms with van der Waals surface area (Å²) in [5, 5.41) is 1.28. The Balaban J connectivity index is 1.83. The van der Waals surface area contributed by atoms with E-state index < -0.39 is 12.1 Å². The molecule has 0 radical (unpaired) electrons. The Morgan fingerprint density at radius 1 is 1.29 bits per heavy atom. The third-order valence-corrected chi connectivity index (χ3v) is 3.35. The van der Waals surface area contributed by atoms with Crippen LogP contribution in [0.2, 0.25) is 5.02 Å². The van der Waals surface area contributed by atoms with Crippen molar-refractivity contribution in [3.8, 4) is 0 Å². The number of esters is 1. The van der Waals surface area contributed by atoms with Gasteiger partial charge in [-0.1, -0.05) is 11.6 Å². The molecule has 0 spiro atoms. The molecule has 0 unspecified atom stereocenters. The van der Waals surface area contributed by atoms with Gasteiger partial charge in [0.15, 0.2) is 0 Å².